The number of hydrogen-bond acceptors (Lipinski definition) is 5. The Morgan fingerprint density at radius 2 is 1.79 bits per heavy atom. The molecule has 2 rings (SSSR count). The lowest BCUT2D eigenvalue weighted by Gasteiger charge is -2.13. The van der Waals surface area contributed by atoms with Gasteiger partial charge < -0.3 is 4.74 Å². The van der Waals surface area contributed by atoms with Gasteiger partial charge in [0.1, 0.15) is 0 Å². The summed E-state index contributed by atoms with van der Waals surface area (Å²) in [7, 11) is -4.13. The summed E-state index contributed by atoms with van der Waals surface area (Å²) in [4.78, 5) is 9.89. The van der Waals surface area contributed by atoms with Crippen LogP contribution in [0.2, 0.25) is 0 Å². The number of nitro groups is 1. The summed E-state index contributed by atoms with van der Waals surface area (Å²) < 4.78 is 55.7. The third kappa shape index (κ3) is 4.16. The van der Waals surface area contributed by atoms with Crippen LogP contribution in [0.5, 0.6) is 5.75 Å². The summed E-state index contributed by atoms with van der Waals surface area (Å²) in [5, 5.41) is 10.8. The fourth-order valence-corrected chi connectivity index (χ4v) is 2.89. The normalized spacial score (nSPS) is 11.3. The minimum absolute atomic E-state index is 0.123. The van der Waals surface area contributed by atoms with E-state index in [1.54, 1.807) is 19.1 Å². The van der Waals surface area contributed by atoms with Gasteiger partial charge in [0.2, 0.25) is 0 Å². The van der Waals surface area contributed by atoms with Crippen molar-refractivity contribution < 1.29 is 26.9 Å². The molecule has 10 heteroatoms. The van der Waals surface area contributed by atoms with Crippen molar-refractivity contribution >= 4 is 21.4 Å². The third-order valence-corrected chi connectivity index (χ3v) is 4.35. The number of rotatable bonds is 6. The number of ether oxygens (including phenoxy) is 1. The second-order valence-electron chi connectivity index (χ2n) is 4.73. The molecule has 0 amide bonds. The maximum Gasteiger partial charge on any atom is 0.387 e. The van der Waals surface area contributed by atoms with E-state index in [1.807, 2.05) is 4.72 Å². The fraction of sp³-hybridized carbons (Fsp3) is 0.143. The van der Waals surface area contributed by atoms with Gasteiger partial charge in [-0.15, -0.1) is 0 Å². The standard InChI is InChI=1S/C14H12F2N2O5S/c1-9-2-5-11(6-3-9)24(21,22)17-12-8-10(18(19)20)4-7-13(12)23-14(15)16/h2-8,14,17H,1H3. The van der Waals surface area contributed by atoms with Crippen LogP contribution in [0.25, 0.3) is 0 Å². The second-order valence-corrected chi connectivity index (χ2v) is 6.42. The van der Waals surface area contributed by atoms with E-state index in [0.717, 1.165) is 23.8 Å². The molecule has 0 aromatic heterocycles. The highest BCUT2D eigenvalue weighted by atomic mass is 32.2. The van der Waals surface area contributed by atoms with Crippen molar-refractivity contribution in [3.05, 3.63) is 58.1 Å². The molecule has 128 valence electrons. The molecule has 0 heterocycles. The second kappa shape index (κ2) is 6.79. The van der Waals surface area contributed by atoms with Gasteiger partial charge in [-0.25, -0.2) is 8.42 Å². The Hall–Kier alpha value is -2.75. The van der Waals surface area contributed by atoms with Crippen LogP contribution in [0.4, 0.5) is 20.2 Å². The van der Waals surface area contributed by atoms with Crippen molar-refractivity contribution in [3.8, 4) is 5.75 Å². The van der Waals surface area contributed by atoms with Crippen LogP contribution in [0.1, 0.15) is 5.56 Å². The number of non-ortho nitro benzene ring substituents is 1. The molecule has 0 aliphatic carbocycles. The van der Waals surface area contributed by atoms with E-state index in [1.165, 1.54) is 12.1 Å². The van der Waals surface area contributed by atoms with Crippen LogP contribution in [0.3, 0.4) is 0 Å². The topological polar surface area (TPSA) is 98.5 Å². The lowest BCUT2D eigenvalue weighted by Crippen LogP contribution is -2.15. The minimum atomic E-state index is -4.13. The Kier molecular flexibility index (Phi) is 4.98. The van der Waals surface area contributed by atoms with Gasteiger partial charge in [0.05, 0.1) is 15.5 Å². The van der Waals surface area contributed by atoms with Gasteiger partial charge >= 0.3 is 6.61 Å². The van der Waals surface area contributed by atoms with Crippen LogP contribution < -0.4 is 9.46 Å². The molecule has 2 aromatic rings. The number of hydrogen-bond donors (Lipinski definition) is 1. The predicted molar refractivity (Wildman–Crippen MR) is 81.7 cm³/mol. The van der Waals surface area contributed by atoms with Gasteiger partial charge in [-0.05, 0) is 25.1 Å². The zero-order valence-electron chi connectivity index (χ0n) is 12.3. The van der Waals surface area contributed by atoms with Crippen LogP contribution in [-0.4, -0.2) is 20.0 Å². The predicted octanol–water partition coefficient (Wildman–Crippen LogP) is 3.31. The molecule has 0 atom stereocenters. The van der Waals surface area contributed by atoms with Gasteiger partial charge in [0, 0.05) is 12.1 Å². The number of nitrogens with one attached hydrogen (secondary N) is 1. The number of alkyl halides is 2. The molecule has 7 nitrogen and oxygen atoms in total. The average molecular weight is 358 g/mol. The highest BCUT2D eigenvalue weighted by Gasteiger charge is 2.20. The monoisotopic (exact) mass is 358 g/mol. The zero-order chi connectivity index (χ0) is 17.9. The Morgan fingerprint density at radius 1 is 1.17 bits per heavy atom. The van der Waals surface area contributed by atoms with Gasteiger partial charge in [-0.1, -0.05) is 17.7 Å². The molecule has 0 aliphatic rings. The molecule has 0 saturated carbocycles. The lowest BCUT2D eigenvalue weighted by molar-refractivity contribution is -0.384. The fourth-order valence-electron chi connectivity index (χ4n) is 1.83. The molecule has 0 spiro atoms. The quantitative estimate of drug-likeness (QED) is 0.631. The van der Waals surface area contributed by atoms with E-state index in [2.05, 4.69) is 4.74 Å². The number of sulfonamides is 1. The van der Waals surface area contributed by atoms with Gasteiger partial charge in [0.15, 0.2) is 5.75 Å². The molecule has 1 N–H and O–H groups in total. The first-order valence-corrected chi connectivity index (χ1v) is 8.00. The van der Waals surface area contributed by atoms with E-state index >= 15 is 0 Å². The van der Waals surface area contributed by atoms with Gasteiger partial charge in [-0.3, -0.25) is 14.8 Å². The molecule has 0 bridgehead atoms. The zero-order valence-corrected chi connectivity index (χ0v) is 13.1. The van der Waals surface area contributed by atoms with Crippen LogP contribution in [0.15, 0.2) is 47.4 Å². The average Bonchev–Trinajstić information content (AvgIpc) is 2.48. The van der Waals surface area contributed by atoms with Crippen molar-refractivity contribution in [2.45, 2.75) is 18.4 Å². The molecule has 0 fully saturated rings. The van der Waals surface area contributed by atoms with E-state index < -0.39 is 38.7 Å². The number of benzene rings is 2. The van der Waals surface area contributed by atoms with Crippen molar-refractivity contribution in [2.75, 3.05) is 4.72 Å². The molecule has 24 heavy (non-hydrogen) atoms. The number of halogens is 2. The summed E-state index contributed by atoms with van der Waals surface area (Å²) >= 11 is 0. The maximum absolute atomic E-state index is 12.4. The van der Waals surface area contributed by atoms with Crippen LogP contribution in [-0.2, 0) is 10.0 Å². The Bertz CT molecular complexity index is 854. The number of nitrogens with zero attached hydrogens (tertiary/aromatic N) is 1. The Morgan fingerprint density at radius 3 is 2.33 bits per heavy atom. The van der Waals surface area contributed by atoms with Crippen molar-refractivity contribution in [3.63, 3.8) is 0 Å². The summed E-state index contributed by atoms with van der Waals surface area (Å²) in [5.74, 6) is -0.522. The maximum atomic E-state index is 12.4. The molecule has 0 unspecified atom stereocenters. The number of nitro benzene ring substituents is 1. The smallest absolute Gasteiger partial charge is 0.387 e. The van der Waals surface area contributed by atoms with Crippen LogP contribution >= 0.6 is 0 Å². The molecular formula is C14H12F2N2O5S. The van der Waals surface area contributed by atoms with E-state index in [0.29, 0.717) is 0 Å². The Labute approximate surface area is 136 Å². The summed E-state index contributed by atoms with van der Waals surface area (Å²) in [6.45, 7) is -1.45. The number of aryl methyl sites for hydroxylation is 1. The Balaban J connectivity index is 2.43. The first-order valence-electron chi connectivity index (χ1n) is 6.52. The summed E-state index contributed by atoms with van der Waals surface area (Å²) in [5.41, 5.74) is -0.102. The summed E-state index contributed by atoms with van der Waals surface area (Å²) in [6.07, 6.45) is 0. The highest BCUT2D eigenvalue weighted by Crippen LogP contribution is 2.32. The minimum Gasteiger partial charge on any atom is -0.433 e. The molecule has 0 aliphatic heterocycles. The first-order chi connectivity index (χ1) is 11.2. The first kappa shape index (κ1) is 17.6. The van der Waals surface area contributed by atoms with E-state index in [4.69, 9.17) is 0 Å². The van der Waals surface area contributed by atoms with Crippen LogP contribution in [0, 0.1) is 17.0 Å². The molecule has 0 saturated heterocycles. The van der Waals surface area contributed by atoms with Gasteiger partial charge in [0.25, 0.3) is 15.7 Å². The number of anilines is 1. The van der Waals surface area contributed by atoms with Gasteiger partial charge in [-0.2, -0.15) is 8.78 Å². The third-order valence-electron chi connectivity index (χ3n) is 2.97. The van der Waals surface area contributed by atoms with E-state index in [9.17, 15) is 27.3 Å². The SMILES string of the molecule is Cc1ccc(S(=O)(=O)Nc2cc([N+](=O)[O-])ccc2OC(F)F)cc1. The highest BCUT2D eigenvalue weighted by molar-refractivity contribution is 7.92. The van der Waals surface area contributed by atoms with E-state index in [-0.39, 0.29) is 4.90 Å². The molecule has 0 radical (unpaired) electrons. The van der Waals surface area contributed by atoms with Crippen molar-refractivity contribution in [1.29, 1.82) is 0 Å². The lowest BCUT2D eigenvalue weighted by atomic mass is 10.2. The molecule has 2 aromatic carbocycles. The van der Waals surface area contributed by atoms with Crippen molar-refractivity contribution in [1.82, 2.24) is 0 Å². The van der Waals surface area contributed by atoms with Crippen molar-refractivity contribution in [2.24, 2.45) is 0 Å². The molecular weight excluding hydrogens is 346 g/mol. The largest absolute Gasteiger partial charge is 0.433 e. The summed E-state index contributed by atoms with van der Waals surface area (Å²) in [6, 6.07) is 8.39.